The number of ether oxygens (including phenoxy) is 3. The smallest absolute Gasteiger partial charge is 0.165 e. The van der Waals surface area contributed by atoms with Crippen molar-refractivity contribution < 1.29 is 14.2 Å². The third kappa shape index (κ3) is 5.98. The van der Waals surface area contributed by atoms with Crippen molar-refractivity contribution >= 4 is 16.5 Å². The van der Waals surface area contributed by atoms with Crippen LogP contribution in [0, 0.1) is 0 Å². The maximum atomic E-state index is 6.38. The topological polar surface area (TPSA) is 39.7 Å². The van der Waals surface area contributed by atoms with Crippen LogP contribution in [0.4, 0.5) is 5.69 Å². The summed E-state index contributed by atoms with van der Waals surface area (Å²) in [5.41, 5.74) is 4.29. The average molecular weight is 502 g/mol. The van der Waals surface area contributed by atoms with Crippen molar-refractivity contribution in [1.82, 2.24) is 0 Å². The van der Waals surface area contributed by atoms with E-state index < -0.39 is 0 Å². The molecule has 4 nitrogen and oxygen atoms in total. The summed E-state index contributed by atoms with van der Waals surface area (Å²) in [4.78, 5) is 0. The van der Waals surface area contributed by atoms with Crippen molar-refractivity contribution in [1.29, 1.82) is 0 Å². The molecule has 0 aliphatic heterocycles. The minimum absolute atomic E-state index is 0.455. The molecule has 5 rings (SSSR count). The standard InChI is InChI=1S/C34H31NO3/c1-3-10-27-21-25(23-35-29-17-19-31(20-18-29)38-30-14-5-4-6-15-30)22-33(36-2)34(27)37-24-28-13-9-12-26-11-7-8-16-32(26)28/h3-9,11-22,35H,1,10,23-24H2,2H3. The van der Waals surface area contributed by atoms with E-state index in [0.29, 0.717) is 25.3 Å². The summed E-state index contributed by atoms with van der Waals surface area (Å²) in [6, 6.07) is 36.6. The van der Waals surface area contributed by atoms with Crippen LogP contribution in [0.5, 0.6) is 23.0 Å². The number of fused-ring (bicyclic) bond motifs is 1. The van der Waals surface area contributed by atoms with E-state index in [4.69, 9.17) is 14.2 Å². The molecule has 190 valence electrons. The van der Waals surface area contributed by atoms with E-state index in [2.05, 4.69) is 60.4 Å². The van der Waals surface area contributed by atoms with Crippen LogP contribution in [0.1, 0.15) is 16.7 Å². The molecule has 0 unspecified atom stereocenters. The predicted octanol–water partition coefficient (Wildman–Crippen LogP) is 8.56. The molecule has 0 spiro atoms. The number of allylic oxidation sites excluding steroid dienone is 1. The van der Waals surface area contributed by atoms with Crippen LogP contribution in [-0.2, 0) is 19.6 Å². The lowest BCUT2D eigenvalue weighted by Crippen LogP contribution is -2.05. The summed E-state index contributed by atoms with van der Waals surface area (Å²) in [6.07, 6.45) is 2.57. The molecule has 0 saturated carbocycles. The molecule has 0 amide bonds. The molecule has 1 N–H and O–H groups in total. The Kier molecular flexibility index (Phi) is 7.90. The van der Waals surface area contributed by atoms with Gasteiger partial charge in [-0.2, -0.15) is 0 Å². The second-order valence-electron chi connectivity index (χ2n) is 9.00. The minimum Gasteiger partial charge on any atom is -0.493 e. The second kappa shape index (κ2) is 12.0. The van der Waals surface area contributed by atoms with Crippen LogP contribution < -0.4 is 19.5 Å². The predicted molar refractivity (Wildman–Crippen MR) is 155 cm³/mol. The average Bonchev–Trinajstić information content (AvgIpc) is 2.96. The number of methoxy groups -OCH3 is 1. The molecule has 4 heteroatoms. The van der Waals surface area contributed by atoms with Crippen molar-refractivity contribution in [2.45, 2.75) is 19.6 Å². The first kappa shape index (κ1) is 25.0. The Hall–Kier alpha value is -4.70. The van der Waals surface area contributed by atoms with Crippen molar-refractivity contribution in [2.75, 3.05) is 12.4 Å². The summed E-state index contributed by atoms with van der Waals surface area (Å²) in [5, 5.41) is 5.89. The zero-order valence-electron chi connectivity index (χ0n) is 21.5. The van der Waals surface area contributed by atoms with E-state index in [1.807, 2.05) is 66.7 Å². The van der Waals surface area contributed by atoms with Crippen LogP contribution in [-0.4, -0.2) is 7.11 Å². The zero-order chi connectivity index (χ0) is 26.2. The van der Waals surface area contributed by atoms with Crippen LogP contribution in [0.2, 0.25) is 0 Å². The van der Waals surface area contributed by atoms with Gasteiger partial charge < -0.3 is 19.5 Å². The third-order valence-electron chi connectivity index (χ3n) is 6.36. The molecular weight excluding hydrogens is 470 g/mol. The maximum absolute atomic E-state index is 6.38. The van der Waals surface area contributed by atoms with Gasteiger partial charge in [-0.15, -0.1) is 6.58 Å². The molecule has 0 fully saturated rings. The van der Waals surface area contributed by atoms with Crippen LogP contribution in [0.25, 0.3) is 10.8 Å². The molecular formula is C34H31NO3. The molecule has 38 heavy (non-hydrogen) atoms. The van der Waals surface area contributed by atoms with Crippen LogP contribution in [0.15, 0.2) is 122 Å². The zero-order valence-corrected chi connectivity index (χ0v) is 21.5. The molecule has 0 saturated heterocycles. The molecule has 0 heterocycles. The maximum Gasteiger partial charge on any atom is 0.165 e. The van der Waals surface area contributed by atoms with Gasteiger partial charge in [0.25, 0.3) is 0 Å². The number of hydrogen-bond acceptors (Lipinski definition) is 4. The number of anilines is 1. The van der Waals surface area contributed by atoms with Gasteiger partial charge in [0.2, 0.25) is 0 Å². The van der Waals surface area contributed by atoms with Crippen LogP contribution >= 0.6 is 0 Å². The molecule has 0 aliphatic carbocycles. The van der Waals surface area contributed by atoms with E-state index in [1.165, 1.54) is 10.8 Å². The van der Waals surface area contributed by atoms with Gasteiger partial charge in [-0.1, -0.05) is 66.7 Å². The highest BCUT2D eigenvalue weighted by Crippen LogP contribution is 2.35. The highest BCUT2D eigenvalue weighted by Gasteiger charge is 2.14. The third-order valence-corrected chi connectivity index (χ3v) is 6.36. The first-order valence-electron chi connectivity index (χ1n) is 12.7. The van der Waals surface area contributed by atoms with Gasteiger partial charge in [0.1, 0.15) is 18.1 Å². The van der Waals surface area contributed by atoms with Gasteiger partial charge in [0.15, 0.2) is 11.5 Å². The Morgan fingerprint density at radius 2 is 1.50 bits per heavy atom. The summed E-state index contributed by atoms with van der Waals surface area (Å²) < 4.78 is 18.0. The van der Waals surface area contributed by atoms with Gasteiger partial charge in [-0.05, 0) is 76.9 Å². The number of benzene rings is 5. The second-order valence-corrected chi connectivity index (χ2v) is 9.00. The summed E-state index contributed by atoms with van der Waals surface area (Å²) >= 11 is 0. The Labute approximate surface area is 224 Å². The SMILES string of the molecule is C=CCc1cc(CNc2ccc(Oc3ccccc3)cc2)cc(OC)c1OCc1cccc2ccccc12. The number of para-hydroxylation sites is 1. The quantitative estimate of drug-likeness (QED) is 0.184. The van der Waals surface area contributed by atoms with Crippen molar-refractivity contribution in [3.63, 3.8) is 0 Å². The van der Waals surface area contributed by atoms with Gasteiger partial charge in [0.05, 0.1) is 7.11 Å². The lowest BCUT2D eigenvalue weighted by Gasteiger charge is -2.18. The highest BCUT2D eigenvalue weighted by atomic mass is 16.5. The molecule has 0 aromatic heterocycles. The van der Waals surface area contributed by atoms with E-state index in [9.17, 15) is 0 Å². The lowest BCUT2D eigenvalue weighted by molar-refractivity contribution is 0.283. The van der Waals surface area contributed by atoms with E-state index >= 15 is 0 Å². The molecule has 5 aromatic rings. The number of hydrogen-bond donors (Lipinski definition) is 1. The lowest BCUT2D eigenvalue weighted by atomic mass is 10.0. The minimum atomic E-state index is 0.455. The van der Waals surface area contributed by atoms with Gasteiger partial charge >= 0.3 is 0 Å². The summed E-state index contributed by atoms with van der Waals surface area (Å²) in [5.74, 6) is 3.08. The van der Waals surface area contributed by atoms with Gasteiger partial charge in [-0.3, -0.25) is 0 Å². The van der Waals surface area contributed by atoms with E-state index in [-0.39, 0.29) is 0 Å². The van der Waals surface area contributed by atoms with Crippen molar-refractivity contribution in [2.24, 2.45) is 0 Å². The van der Waals surface area contributed by atoms with Crippen molar-refractivity contribution in [3.05, 3.63) is 139 Å². The monoisotopic (exact) mass is 501 g/mol. The first-order chi connectivity index (χ1) is 18.7. The molecule has 0 bridgehead atoms. The fraction of sp³-hybridized carbons (Fsp3) is 0.118. The normalized spacial score (nSPS) is 10.7. The summed E-state index contributed by atoms with van der Waals surface area (Å²) in [6.45, 7) is 5.05. The molecule has 0 aliphatic rings. The number of nitrogens with one attached hydrogen (secondary N) is 1. The van der Waals surface area contributed by atoms with Gasteiger partial charge in [0, 0.05) is 17.8 Å². The van der Waals surface area contributed by atoms with E-state index in [1.54, 1.807) is 7.11 Å². The largest absolute Gasteiger partial charge is 0.493 e. The first-order valence-corrected chi connectivity index (χ1v) is 12.7. The van der Waals surface area contributed by atoms with Crippen LogP contribution in [0.3, 0.4) is 0 Å². The summed E-state index contributed by atoms with van der Waals surface area (Å²) in [7, 11) is 1.68. The highest BCUT2D eigenvalue weighted by molar-refractivity contribution is 5.85. The Bertz CT molecular complexity index is 1510. The molecule has 0 radical (unpaired) electrons. The Morgan fingerprint density at radius 3 is 2.29 bits per heavy atom. The fourth-order valence-corrected chi connectivity index (χ4v) is 4.49. The number of rotatable bonds is 11. The Balaban J connectivity index is 1.29. The van der Waals surface area contributed by atoms with Gasteiger partial charge in [-0.25, -0.2) is 0 Å². The molecule has 5 aromatic carbocycles. The Morgan fingerprint density at radius 1 is 0.763 bits per heavy atom. The van der Waals surface area contributed by atoms with E-state index in [0.717, 1.165) is 39.6 Å². The van der Waals surface area contributed by atoms with Crippen molar-refractivity contribution in [3.8, 4) is 23.0 Å². The fourth-order valence-electron chi connectivity index (χ4n) is 4.49. The molecule has 0 atom stereocenters.